The minimum atomic E-state index is -0.285. The molecule has 0 N–H and O–H groups in total. The van der Waals surface area contributed by atoms with Crippen LogP contribution in [0.1, 0.15) is 57.8 Å². The van der Waals surface area contributed by atoms with Crippen LogP contribution in [0.4, 0.5) is 4.79 Å². The number of rotatable bonds is 4. The molecule has 4 unspecified atom stereocenters. The summed E-state index contributed by atoms with van der Waals surface area (Å²) in [6, 6.07) is 1.25. The van der Waals surface area contributed by atoms with Crippen molar-refractivity contribution in [1.82, 2.24) is 14.7 Å². The number of quaternary nitrogens is 1. The van der Waals surface area contributed by atoms with Crippen molar-refractivity contribution in [2.75, 3.05) is 34.3 Å². The first-order chi connectivity index (χ1) is 18.0. The molecule has 37 heavy (non-hydrogen) atoms. The van der Waals surface area contributed by atoms with Crippen LogP contribution in [0.3, 0.4) is 0 Å². The Bertz CT molecular complexity index is 1110. The van der Waals surface area contributed by atoms with E-state index in [0.29, 0.717) is 24.7 Å². The maximum atomic E-state index is 12.6. The lowest BCUT2D eigenvalue weighted by Crippen LogP contribution is -2.55. The van der Waals surface area contributed by atoms with Gasteiger partial charge >= 0.3 is 6.09 Å². The van der Waals surface area contributed by atoms with E-state index in [4.69, 9.17) is 4.74 Å². The van der Waals surface area contributed by atoms with E-state index in [9.17, 15) is 4.79 Å². The molecule has 3 aliphatic heterocycles. The number of hydrogen-bond acceptors (Lipinski definition) is 4. The zero-order valence-electron chi connectivity index (χ0n) is 22.8. The molecule has 6 heteroatoms. The van der Waals surface area contributed by atoms with Crippen LogP contribution in [-0.4, -0.2) is 77.7 Å². The summed E-state index contributed by atoms with van der Waals surface area (Å²) in [5, 5.41) is 0. The third-order valence-electron chi connectivity index (χ3n) is 9.67. The molecular weight excluding hydrogens is 460 g/mol. The third kappa shape index (κ3) is 4.22. The monoisotopic (exact) mass is 503 g/mol. The van der Waals surface area contributed by atoms with Crippen LogP contribution in [0.2, 0.25) is 0 Å². The topological polar surface area (TPSA) is 36.0 Å². The van der Waals surface area contributed by atoms with Gasteiger partial charge in [-0.25, -0.2) is 4.79 Å². The number of ether oxygens (including phenoxy) is 1. The van der Waals surface area contributed by atoms with Crippen molar-refractivity contribution in [1.29, 1.82) is 0 Å². The van der Waals surface area contributed by atoms with Crippen LogP contribution in [0.25, 0.3) is 0 Å². The van der Waals surface area contributed by atoms with Gasteiger partial charge in [-0.1, -0.05) is 24.6 Å². The molecule has 0 spiro atoms. The minimum absolute atomic E-state index is 0.285. The van der Waals surface area contributed by atoms with Crippen LogP contribution in [0.15, 0.2) is 71.5 Å². The van der Waals surface area contributed by atoms with Crippen molar-refractivity contribution in [2.24, 2.45) is 5.92 Å². The van der Waals surface area contributed by atoms with Gasteiger partial charge in [-0.05, 0) is 71.2 Å². The van der Waals surface area contributed by atoms with E-state index >= 15 is 0 Å². The summed E-state index contributed by atoms with van der Waals surface area (Å²) < 4.78 is 6.05. The number of allylic oxidation sites excluding steroid dienone is 3. The van der Waals surface area contributed by atoms with Crippen molar-refractivity contribution in [2.45, 2.75) is 75.9 Å². The fourth-order valence-corrected chi connectivity index (χ4v) is 7.86. The summed E-state index contributed by atoms with van der Waals surface area (Å²) in [6.45, 7) is 1.71. The highest BCUT2D eigenvalue weighted by atomic mass is 16.5. The van der Waals surface area contributed by atoms with Gasteiger partial charge in [0.05, 0.1) is 31.4 Å². The third-order valence-corrected chi connectivity index (χ3v) is 9.67. The first kappa shape index (κ1) is 24.7. The quantitative estimate of drug-likeness (QED) is 0.464. The van der Waals surface area contributed by atoms with E-state index in [2.05, 4.69) is 66.7 Å². The highest BCUT2D eigenvalue weighted by molar-refractivity contribution is 5.69. The van der Waals surface area contributed by atoms with E-state index in [-0.39, 0.29) is 6.09 Å². The molecule has 0 aromatic carbocycles. The Hall–Kier alpha value is -2.57. The fourth-order valence-electron chi connectivity index (χ4n) is 7.86. The number of fused-ring (bicyclic) bond motifs is 6. The SMILES string of the molecule is COC(=O)N1C=CN2C(=C[N+]3(C4CCCCC4)C(=C4CCC(CCN(C)C)CC42)C=C2C=CC=CC23)C1. The van der Waals surface area contributed by atoms with Gasteiger partial charge in [0.25, 0.3) is 0 Å². The lowest BCUT2D eigenvalue weighted by atomic mass is 9.78. The molecule has 198 valence electrons. The maximum Gasteiger partial charge on any atom is 0.413 e. The molecule has 6 aliphatic rings. The number of carbonyl (C=O) groups excluding carboxylic acids is 1. The molecule has 6 rings (SSSR count). The second-order valence-corrected chi connectivity index (χ2v) is 12.0. The average Bonchev–Trinajstić information content (AvgIpc) is 3.20. The fraction of sp³-hybridized carbons (Fsp3) is 0.581. The smallest absolute Gasteiger partial charge is 0.413 e. The van der Waals surface area contributed by atoms with Crippen molar-refractivity contribution in [3.8, 4) is 0 Å². The largest absolute Gasteiger partial charge is 0.452 e. The van der Waals surface area contributed by atoms with Crippen LogP contribution in [0, 0.1) is 5.92 Å². The Kier molecular flexibility index (Phi) is 6.66. The van der Waals surface area contributed by atoms with E-state index in [1.165, 1.54) is 76.2 Å². The number of nitrogens with zero attached hydrogens (tertiary/aromatic N) is 4. The number of amides is 1. The predicted molar refractivity (Wildman–Crippen MR) is 147 cm³/mol. The summed E-state index contributed by atoms with van der Waals surface area (Å²) in [5.41, 5.74) is 5.89. The van der Waals surface area contributed by atoms with Gasteiger partial charge in [-0.2, -0.15) is 0 Å². The molecule has 0 bridgehead atoms. The normalized spacial score (nSPS) is 32.9. The van der Waals surface area contributed by atoms with Gasteiger partial charge in [0.15, 0.2) is 0 Å². The summed E-state index contributed by atoms with van der Waals surface area (Å²) in [6.07, 6.45) is 29.5. The Morgan fingerprint density at radius 3 is 2.76 bits per heavy atom. The van der Waals surface area contributed by atoms with Crippen LogP contribution < -0.4 is 0 Å². The van der Waals surface area contributed by atoms with Gasteiger partial charge in [0.2, 0.25) is 0 Å². The predicted octanol–water partition coefficient (Wildman–Crippen LogP) is 5.66. The molecule has 0 aromatic heterocycles. The van der Waals surface area contributed by atoms with Gasteiger partial charge < -0.3 is 14.5 Å². The lowest BCUT2D eigenvalue weighted by Gasteiger charge is -2.46. The molecule has 1 amide bonds. The number of methoxy groups -OCH3 is 1. The zero-order chi connectivity index (χ0) is 25.6. The van der Waals surface area contributed by atoms with Gasteiger partial charge in [-0.3, -0.25) is 9.38 Å². The summed E-state index contributed by atoms with van der Waals surface area (Å²) in [5.74, 6) is 0.718. The van der Waals surface area contributed by atoms with Crippen LogP contribution >= 0.6 is 0 Å². The van der Waals surface area contributed by atoms with E-state index in [0.717, 1.165) is 16.9 Å². The molecule has 0 saturated heterocycles. The Morgan fingerprint density at radius 1 is 1.14 bits per heavy atom. The highest BCUT2D eigenvalue weighted by Crippen LogP contribution is 2.52. The van der Waals surface area contributed by atoms with E-state index in [1.54, 1.807) is 16.2 Å². The molecule has 4 atom stereocenters. The Labute approximate surface area is 222 Å². The first-order valence-corrected chi connectivity index (χ1v) is 14.4. The molecule has 0 radical (unpaired) electrons. The Balaban J connectivity index is 1.49. The molecule has 2 fully saturated rings. The molecule has 2 saturated carbocycles. The van der Waals surface area contributed by atoms with E-state index in [1.807, 2.05) is 6.20 Å². The highest BCUT2D eigenvalue weighted by Gasteiger charge is 2.55. The number of carbonyl (C=O) groups is 1. The summed E-state index contributed by atoms with van der Waals surface area (Å²) >= 11 is 0. The van der Waals surface area contributed by atoms with Crippen molar-refractivity contribution in [3.05, 3.63) is 71.5 Å². The molecular formula is C31H43N4O2+. The maximum absolute atomic E-state index is 12.6. The zero-order valence-corrected chi connectivity index (χ0v) is 22.8. The van der Waals surface area contributed by atoms with Crippen molar-refractivity contribution >= 4 is 6.09 Å². The van der Waals surface area contributed by atoms with Crippen molar-refractivity contribution in [3.63, 3.8) is 0 Å². The molecule has 3 heterocycles. The first-order valence-electron chi connectivity index (χ1n) is 14.4. The number of hydrogen-bond donors (Lipinski definition) is 0. The van der Waals surface area contributed by atoms with E-state index < -0.39 is 0 Å². The molecule has 6 nitrogen and oxygen atoms in total. The second-order valence-electron chi connectivity index (χ2n) is 12.0. The van der Waals surface area contributed by atoms with Crippen LogP contribution in [0.5, 0.6) is 0 Å². The summed E-state index contributed by atoms with van der Waals surface area (Å²) in [7, 11) is 5.84. The van der Waals surface area contributed by atoms with Gasteiger partial charge in [-0.15, -0.1) is 0 Å². The van der Waals surface area contributed by atoms with Gasteiger partial charge in [0, 0.05) is 42.5 Å². The van der Waals surface area contributed by atoms with Crippen molar-refractivity contribution < 1.29 is 14.0 Å². The molecule has 0 aromatic rings. The van der Waals surface area contributed by atoms with Gasteiger partial charge in [0.1, 0.15) is 17.9 Å². The lowest BCUT2D eigenvalue weighted by molar-refractivity contribution is -0.875. The second kappa shape index (κ2) is 9.95. The average molecular weight is 504 g/mol. The molecule has 3 aliphatic carbocycles. The standard InChI is InChI=1S/C31H43N4O2/c1-32(2)16-15-23-13-14-27-28(19-23)34-18-17-33(31(36)37-3)21-25(34)22-35(26-10-5-4-6-11-26)29-12-8-7-9-24(29)20-30(27)35/h7-9,12,17-18,20,22-23,26,28-29H,4-6,10-11,13-16,19,21H2,1-3H3/q+1. The minimum Gasteiger partial charge on any atom is -0.452 e. The Morgan fingerprint density at radius 2 is 1.97 bits per heavy atom. The summed E-state index contributed by atoms with van der Waals surface area (Å²) in [4.78, 5) is 19.2. The van der Waals surface area contributed by atoms with Crippen LogP contribution in [-0.2, 0) is 4.74 Å².